The predicted molar refractivity (Wildman–Crippen MR) is 188 cm³/mol. The summed E-state index contributed by atoms with van der Waals surface area (Å²) in [6.45, 7) is 0. The highest BCUT2D eigenvalue weighted by atomic mass is 15.1. The average Bonchev–Trinajstić information content (AvgIpc) is 3.43. The van der Waals surface area contributed by atoms with Crippen LogP contribution < -0.4 is 0 Å². The number of rotatable bonds is 4. The zero-order valence-corrected chi connectivity index (χ0v) is 24.4. The Morgan fingerprint density at radius 3 is 1.98 bits per heavy atom. The number of hydrogen-bond acceptors (Lipinski definition) is 2. The van der Waals surface area contributed by atoms with Crippen molar-refractivity contribution in [2.24, 2.45) is 0 Å². The van der Waals surface area contributed by atoms with Crippen LogP contribution in [-0.2, 0) is 0 Å². The lowest BCUT2D eigenvalue weighted by Gasteiger charge is -2.12. The lowest BCUT2D eigenvalue weighted by Crippen LogP contribution is -1.97. The zero-order chi connectivity index (χ0) is 29.7. The van der Waals surface area contributed by atoms with Crippen LogP contribution in [0.5, 0.6) is 0 Å². The van der Waals surface area contributed by atoms with Gasteiger partial charge in [-0.1, -0.05) is 127 Å². The van der Waals surface area contributed by atoms with E-state index in [1.807, 2.05) is 0 Å². The van der Waals surface area contributed by atoms with Crippen LogP contribution in [0.2, 0.25) is 0 Å². The second-order valence-corrected chi connectivity index (χ2v) is 11.5. The minimum atomic E-state index is 0.867. The molecule has 0 atom stereocenters. The quantitative estimate of drug-likeness (QED) is 0.210. The van der Waals surface area contributed by atoms with Crippen molar-refractivity contribution >= 4 is 43.9 Å². The molecule has 0 aliphatic heterocycles. The molecule has 45 heavy (non-hydrogen) atoms. The summed E-state index contributed by atoms with van der Waals surface area (Å²) in [5, 5.41) is 3.52. The molecule has 210 valence electrons. The molecule has 0 unspecified atom stereocenters. The molecule has 0 spiro atoms. The summed E-state index contributed by atoms with van der Waals surface area (Å²) in [6.07, 6.45) is 0. The van der Waals surface area contributed by atoms with Crippen LogP contribution >= 0.6 is 0 Å². The Kier molecular flexibility index (Phi) is 5.82. The first-order valence-corrected chi connectivity index (χ1v) is 15.3. The zero-order valence-electron chi connectivity index (χ0n) is 24.4. The first kappa shape index (κ1) is 25.4. The van der Waals surface area contributed by atoms with E-state index < -0.39 is 0 Å². The molecule has 9 aromatic rings. The summed E-state index contributed by atoms with van der Waals surface area (Å²) in [6, 6.07) is 57.9. The van der Waals surface area contributed by atoms with E-state index in [1.54, 1.807) is 0 Å². The molecular weight excluding hydrogens is 546 g/mol. The largest absolute Gasteiger partial charge is 0.293 e. The molecule has 0 N–H and O–H groups in total. The summed E-state index contributed by atoms with van der Waals surface area (Å²) in [5.74, 6) is 0. The van der Waals surface area contributed by atoms with E-state index >= 15 is 0 Å². The van der Waals surface area contributed by atoms with Gasteiger partial charge in [-0.05, 0) is 80.6 Å². The molecule has 2 aromatic heterocycles. The first-order valence-electron chi connectivity index (χ1n) is 15.3. The molecule has 9 rings (SSSR count). The highest BCUT2D eigenvalue weighted by Crippen LogP contribution is 2.36. The Balaban J connectivity index is 1.18. The predicted octanol–water partition coefficient (Wildman–Crippen LogP) is 10.9. The van der Waals surface area contributed by atoms with Gasteiger partial charge in [0.1, 0.15) is 5.52 Å². The highest BCUT2D eigenvalue weighted by molar-refractivity contribution is 6.08. The summed E-state index contributed by atoms with van der Waals surface area (Å²) in [4.78, 5) is 10.5. The van der Waals surface area contributed by atoms with Gasteiger partial charge < -0.3 is 0 Å². The maximum absolute atomic E-state index is 5.25. The third-order valence-corrected chi connectivity index (χ3v) is 8.77. The average molecular weight is 574 g/mol. The van der Waals surface area contributed by atoms with E-state index in [-0.39, 0.29) is 0 Å². The summed E-state index contributed by atoms with van der Waals surface area (Å²) < 4.78 is 2.24. The van der Waals surface area contributed by atoms with Crippen molar-refractivity contribution in [1.82, 2.24) is 14.5 Å². The maximum Gasteiger partial charge on any atom is 0.165 e. The monoisotopic (exact) mass is 573 g/mol. The van der Waals surface area contributed by atoms with Crippen molar-refractivity contribution in [3.8, 4) is 39.1 Å². The van der Waals surface area contributed by atoms with Gasteiger partial charge in [-0.3, -0.25) is 4.57 Å². The number of fused-ring (bicyclic) bond motifs is 5. The second-order valence-electron chi connectivity index (χ2n) is 11.5. The Bertz CT molecular complexity index is 2540. The SMILES string of the molecule is c1ccc(-c2ccccc2-c2cccc(-c3ccc4nc5c(nc4c3)c3ccccc3n5-c3ccc4ccccc4c3)c2)cc1. The van der Waals surface area contributed by atoms with Gasteiger partial charge in [0.05, 0.1) is 16.6 Å². The molecule has 7 aromatic carbocycles. The third kappa shape index (κ3) is 4.29. The number of benzene rings is 7. The van der Waals surface area contributed by atoms with Gasteiger partial charge in [0.2, 0.25) is 0 Å². The molecule has 0 aliphatic rings. The minimum Gasteiger partial charge on any atom is -0.293 e. The van der Waals surface area contributed by atoms with Crippen molar-refractivity contribution < 1.29 is 0 Å². The molecule has 0 amide bonds. The van der Waals surface area contributed by atoms with E-state index in [0.717, 1.165) is 49.9 Å². The molecule has 2 heterocycles. The minimum absolute atomic E-state index is 0.867. The van der Waals surface area contributed by atoms with Crippen molar-refractivity contribution in [2.45, 2.75) is 0 Å². The Morgan fingerprint density at radius 1 is 0.400 bits per heavy atom. The Hall–Kier alpha value is -6.06. The molecule has 3 heteroatoms. The molecular formula is C42H27N3. The molecule has 0 aliphatic carbocycles. The summed E-state index contributed by atoms with van der Waals surface area (Å²) >= 11 is 0. The normalized spacial score (nSPS) is 11.6. The summed E-state index contributed by atoms with van der Waals surface area (Å²) in [7, 11) is 0. The number of nitrogens with zero attached hydrogens (tertiary/aromatic N) is 3. The smallest absolute Gasteiger partial charge is 0.165 e. The van der Waals surface area contributed by atoms with Gasteiger partial charge in [0.25, 0.3) is 0 Å². The molecule has 0 fully saturated rings. The summed E-state index contributed by atoms with van der Waals surface area (Å²) in [5.41, 5.74) is 12.8. The fourth-order valence-corrected chi connectivity index (χ4v) is 6.59. The number of hydrogen-bond donors (Lipinski definition) is 0. The van der Waals surface area contributed by atoms with E-state index in [0.29, 0.717) is 0 Å². The van der Waals surface area contributed by atoms with Crippen LogP contribution in [0.3, 0.4) is 0 Å². The van der Waals surface area contributed by atoms with Gasteiger partial charge in [-0.15, -0.1) is 0 Å². The van der Waals surface area contributed by atoms with Crippen molar-refractivity contribution in [3.63, 3.8) is 0 Å². The van der Waals surface area contributed by atoms with Crippen LogP contribution in [0, 0.1) is 0 Å². The lowest BCUT2D eigenvalue weighted by atomic mass is 9.92. The van der Waals surface area contributed by atoms with Gasteiger partial charge in [-0.25, -0.2) is 9.97 Å². The molecule has 3 nitrogen and oxygen atoms in total. The maximum atomic E-state index is 5.25. The van der Waals surface area contributed by atoms with Gasteiger partial charge in [0.15, 0.2) is 5.65 Å². The highest BCUT2D eigenvalue weighted by Gasteiger charge is 2.17. The standard InChI is InChI=1S/C42H27N3/c1-2-12-29(13-3-1)35-17-6-7-18-36(35)33-16-10-15-30(25-33)32-22-24-38-39(27-32)43-41-37-19-8-9-20-40(37)45(42(41)44-38)34-23-21-28-11-4-5-14-31(28)26-34/h1-27H. The van der Waals surface area contributed by atoms with Gasteiger partial charge in [0, 0.05) is 11.1 Å². The van der Waals surface area contributed by atoms with Crippen LogP contribution in [0.25, 0.3) is 82.9 Å². The van der Waals surface area contributed by atoms with E-state index in [1.165, 1.54) is 33.0 Å². The third-order valence-electron chi connectivity index (χ3n) is 8.77. The van der Waals surface area contributed by atoms with Crippen LogP contribution in [0.1, 0.15) is 0 Å². The number of para-hydroxylation sites is 1. The fourth-order valence-electron chi connectivity index (χ4n) is 6.59. The van der Waals surface area contributed by atoms with Crippen molar-refractivity contribution in [2.75, 3.05) is 0 Å². The van der Waals surface area contributed by atoms with Crippen molar-refractivity contribution in [1.29, 1.82) is 0 Å². The second kappa shape index (κ2) is 10.3. The topological polar surface area (TPSA) is 30.7 Å². The van der Waals surface area contributed by atoms with E-state index in [2.05, 4.69) is 168 Å². The van der Waals surface area contributed by atoms with Gasteiger partial charge >= 0.3 is 0 Å². The van der Waals surface area contributed by atoms with Crippen LogP contribution in [0.4, 0.5) is 0 Å². The van der Waals surface area contributed by atoms with Crippen LogP contribution in [0.15, 0.2) is 164 Å². The van der Waals surface area contributed by atoms with E-state index in [4.69, 9.17) is 9.97 Å². The lowest BCUT2D eigenvalue weighted by molar-refractivity contribution is 1.14. The number of aromatic nitrogens is 3. The molecule has 0 radical (unpaired) electrons. The van der Waals surface area contributed by atoms with Crippen molar-refractivity contribution in [3.05, 3.63) is 164 Å². The fraction of sp³-hybridized carbons (Fsp3) is 0. The molecule has 0 bridgehead atoms. The Morgan fingerprint density at radius 2 is 1.09 bits per heavy atom. The first-order chi connectivity index (χ1) is 22.3. The molecule has 0 saturated heterocycles. The van der Waals surface area contributed by atoms with Gasteiger partial charge in [-0.2, -0.15) is 0 Å². The van der Waals surface area contributed by atoms with E-state index in [9.17, 15) is 0 Å². The Labute approximate surface area is 260 Å². The molecule has 0 saturated carbocycles. The van der Waals surface area contributed by atoms with Crippen LogP contribution in [-0.4, -0.2) is 14.5 Å².